The summed E-state index contributed by atoms with van der Waals surface area (Å²) in [5.41, 5.74) is 5.57. The topological polar surface area (TPSA) is 99.9 Å². The normalized spacial score (nSPS) is 14.4. The summed E-state index contributed by atoms with van der Waals surface area (Å²) < 4.78 is 16.5. The Balaban J connectivity index is 1.43. The van der Waals surface area contributed by atoms with Gasteiger partial charge in [0.15, 0.2) is 11.5 Å². The third-order valence-electron chi connectivity index (χ3n) is 3.73. The molecule has 0 aromatic heterocycles. The SMILES string of the molecule is NC(=O)c1ccccc1OCC#CCNC(=O)C1COc2ccccc2O1. The number of primary amides is 1. The predicted octanol–water partition coefficient (Wildman–Crippen LogP) is 1.12. The van der Waals surface area contributed by atoms with Crippen LogP contribution in [-0.2, 0) is 4.79 Å². The zero-order chi connectivity index (χ0) is 19.1. The molecule has 0 spiro atoms. The zero-order valence-electron chi connectivity index (χ0n) is 14.4. The van der Waals surface area contributed by atoms with E-state index >= 15 is 0 Å². The van der Waals surface area contributed by atoms with E-state index in [0.717, 1.165) is 0 Å². The van der Waals surface area contributed by atoms with Crippen molar-refractivity contribution in [3.05, 3.63) is 54.1 Å². The molecule has 3 rings (SSSR count). The smallest absolute Gasteiger partial charge is 0.265 e. The molecule has 7 heteroatoms. The first-order chi connectivity index (χ1) is 13.1. The Morgan fingerprint density at radius 3 is 2.67 bits per heavy atom. The summed E-state index contributed by atoms with van der Waals surface area (Å²) in [6.45, 7) is 0.348. The Bertz CT molecular complexity index is 900. The van der Waals surface area contributed by atoms with Gasteiger partial charge < -0.3 is 25.3 Å². The monoisotopic (exact) mass is 366 g/mol. The number of hydrogen-bond acceptors (Lipinski definition) is 5. The molecule has 0 bridgehead atoms. The van der Waals surface area contributed by atoms with Gasteiger partial charge in [-0.2, -0.15) is 0 Å². The van der Waals surface area contributed by atoms with Gasteiger partial charge in [0, 0.05) is 0 Å². The number of nitrogens with two attached hydrogens (primary N) is 1. The van der Waals surface area contributed by atoms with Gasteiger partial charge in [0.05, 0.1) is 12.1 Å². The van der Waals surface area contributed by atoms with Gasteiger partial charge in [0.1, 0.15) is 19.0 Å². The third kappa shape index (κ3) is 4.70. The molecule has 0 fully saturated rings. The largest absolute Gasteiger partial charge is 0.485 e. The lowest BCUT2D eigenvalue weighted by Gasteiger charge is -2.25. The van der Waals surface area contributed by atoms with Crippen molar-refractivity contribution >= 4 is 11.8 Å². The molecule has 2 aromatic rings. The molecule has 0 saturated carbocycles. The lowest BCUT2D eigenvalue weighted by atomic mass is 10.2. The maximum atomic E-state index is 12.1. The second kappa shape index (κ2) is 8.63. The van der Waals surface area contributed by atoms with E-state index in [1.807, 2.05) is 12.1 Å². The summed E-state index contributed by atoms with van der Waals surface area (Å²) >= 11 is 0. The quantitative estimate of drug-likeness (QED) is 0.773. The lowest BCUT2D eigenvalue weighted by molar-refractivity contribution is -0.130. The van der Waals surface area contributed by atoms with Crippen molar-refractivity contribution in [2.75, 3.05) is 19.8 Å². The number of amides is 2. The number of benzene rings is 2. The van der Waals surface area contributed by atoms with Crippen LogP contribution in [0.4, 0.5) is 0 Å². The molecule has 138 valence electrons. The molecule has 1 aliphatic rings. The van der Waals surface area contributed by atoms with Crippen molar-refractivity contribution < 1.29 is 23.8 Å². The van der Waals surface area contributed by atoms with Gasteiger partial charge in [-0.1, -0.05) is 36.1 Å². The predicted molar refractivity (Wildman–Crippen MR) is 97.6 cm³/mol. The minimum atomic E-state index is -0.722. The first-order valence-electron chi connectivity index (χ1n) is 8.28. The molecule has 0 saturated heterocycles. The number of ether oxygens (including phenoxy) is 3. The molecule has 1 aliphatic heterocycles. The van der Waals surface area contributed by atoms with Crippen molar-refractivity contribution in [2.45, 2.75) is 6.10 Å². The lowest BCUT2D eigenvalue weighted by Crippen LogP contribution is -2.44. The van der Waals surface area contributed by atoms with Crippen LogP contribution in [0.15, 0.2) is 48.5 Å². The third-order valence-corrected chi connectivity index (χ3v) is 3.73. The van der Waals surface area contributed by atoms with E-state index in [1.54, 1.807) is 36.4 Å². The first kappa shape index (κ1) is 18.1. The van der Waals surface area contributed by atoms with Crippen LogP contribution in [0.1, 0.15) is 10.4 Å². The van der Waals surface area contributed by atoms with Crippen molar-refractivity contribution in [3.8, 4) is 29.1 Å². The zero-order valence-corrected chi connectivity index (χ0v) is 14.4. The molecule has 1 atom stereocenters. The maximum absolute atomic E-state index is 12.1. The average molecular weight is 366 g/mol. The van der Waals surface area contributed by atoms with E-state index in [9.17, 15) is 9.59 Å². The molecule has 2 amide bonds. The fourth-order valence-electron chi connectivity index (χ4n) is 2.42. The minimum absolute atomic E-state index is 0.0661. The molecular formula is C20H18N2O5. The number of rotatable bonds is 5. The highest BCUT2D eigenvalue weighted by Gasteiger charge is 2.26. The standard InChI is InChI=1S/C20H18N2O5/c21-19(23)14-7-1-2-8-15(14)25-12-6-5-11-22-20(24)18-13-26-16-9-3-4-10-17(16)27-18/h1-4,7-10,18H,11-13H2,(H2,21,23)(H,22,24). The van der Waals surface area contributed by atoms with E-state index in [1.165, 1.54) is 0 Å². The molecule has 7 nitrogen and oxygen atoms in total. The van der Waals surface area contributed by atoms with Crippen LogP contribution in [0.3, 0.4) is 0 Å². The molecule has 2 aromatic carbocycles. The van der Waals surface area contributed by atoms with Gasteiger partial charge in [-0.3, -0.25) is 9.59 Å². The van der Waals surface area contributed by atoms with Gasteiger partial charge in [-0.05, 0) is 24.3 Å². The Morgan fingerprint density at radius 1 is 1.11 bits per heavy atom. The van der Waals surface area contributed by atoms with Crippen LogP contribution in [0.25, 0.3) is 0 Å². The fraction of sp³-hybridized carbons (Fsp3) is 0.200. The summed E-state index contributed by atoms with van der Waals surface area (Å²) in [6.07, 6.45) is -0.722. The summed E-state index contributed by atoms with van der Waals surface area (Å²) in [6, 6.07) is 13.8. The van der Waals surface area contributed by atoms with E-state index in [-0.39, 0.29) is 25.7 Å². The van der Waals surface area contributed by atoms with Gasteiger partial charge in [0.25, 0.3) is 11.8 Å². The van der Waals surface area contributed by atoms with Crippen LogP contribution in [0, 0.1) is 11.8 Å². The first-order valence-corrected chi connectivity index (χ1v) is 8.28. The number of carbonyl (C=O) groups is 2. The van der Waals surface area contributed by atoms with Crippen molar-refractivity contribution in [1.82, 2.24) is 5.32 Å². The van der Waals surface area contributed by atoms with Crippen LogP contribution >= 0.6 is 0 Å². The number of fused-ring (bicyclic) bond motifs is 1. The molecule has 0 aliphatic carbocycles. The van der Waals surface area contributed by atoms with Gasteiger partial charge >= 0.3 is 0 Å². The van der Waals surface area contributed by atoms with Crippen LogP contribution < -0.4 is 25.3 Å². The van der Waals surface area contributed by atoms with Crippen LogP contribution in [0.5, 0.6) is 17.2 Å². The summed E-state index contributed by atoms with van der Waals surface area (Å²) in [4.78, 5) is 23.4. The van der Waals surface area contributed by atoms with Crippen molar-refractivity contribution in [3.63, 3.8) is 0 Å². The number of hydrogen-bond donors (Lipinski definition) is 2. The second-order valence-electron chi connectivity index (χ2n) is 5.58. The molecule has 3 N–H and O–H groups in total. The van der Waals surface area contributed by atoms with E-state index in [4.69, 9.17) is 19.9 Å². The Kier molecular flexibility index (Phi) is 5.80. The second-order valence-corrected chi connectivity index (χ2v) is 5.58. The van der Waals surface area contributed by atoms with E-state index in [0.29, 0.717) is 22.8 Å². The van der Waals surface area contributed by atoms with Crippen molar-refractivity contribution in [2.24, 2.45) is 5.73 Å². The van der Waals surface area contributed by atoms with E-state index in [2.05, 4.69) is 17.2 Å². The fourth-order valence-corrected chi connectivity index (χ4v) is 2.42. The Morgan fingerprint density at radius 2 is 1.85 bits per heavy atom. The highest BCUT2D eigenvalue weighted by atomic mass is 16.6. The van der Waals surface area contributed by atoms with Gasteiger partial charge in [0.2, 0.25) is 6.10 Å². The van der Waals surface area contributed by atoms with Crippen molar-refractivity contribution in [1.29, 1.82) is 0 Å². The van der Waals surface area contributed by atoms with Gasteiger partial charge in [-0.15, -0.1) is 0 Å². The summed E-state index contributed by atoms with van der Waals surface area (Å²) in [7, 11) is 0. The number of nitrogens with one attached hydrogen (secondary N) is 1. The Labute approximate surface area is 156 Å². The molecule has 1 unspecified atom stereocenters. The Hall–Kier alpha value is -3.66. The highest BCUT2D eigenvalue weighted by molar-refractivity contribution is 5.95. The van der Waals surface area contributed by atoms with E-state index < -0.39 is 12.0 Å². The molecular weight excluding hydrogens is 348 g/mol. The number of para-hydroxylation sites is 3. The summed E-state index contributed by atoms with van der Waals surface area (Å²) in [5, 5.41) is 2.66. The maximum Gasteiger partial charge on any atom is 0.265 e. The average Bonchev–Trinajstić information content (AvgIpc) is 2.70. The number of carbonyl (C=O) groups excluding carboxylic acids is 2. The van der Waals surface area contributed by atoms with Crippen LogP contribution in [0.2, 0.25) is 0 Å². The molecule has 0 radical (unpaired) electrons. The molecule has 27 heavy (non-hydrogen) atoms. The van der Waals surface area contributed by atoms with Crippen LogP contribution in [-0.4, -0.2) is 37.7 Å². The summed E-state index contributed by atoms with van der Waals surface area (Å²) in [5.74, 6) is 6.19. The molecule has 1 heterocycles. The van der Waals surface area contributed by atoms with Gasteiger partial charge in [-0.25, -0.2) is 0 Å². The minimum Gasteiger partial charge on any atom is -0.485 e. The highest BCUT2D eigenvalue weighted by Crippen LogP contribution is 2.30.